The lowest BCUT2D eigenvalue weighted by Gasteiger charge is -2.22. The summed E-state index contributed by atoms with van der Waals surface area (Å²) in [6, 6.07) is 3.31. The van der Waals surface area contributed by atoms with E-state index in [0.29, 0.717) is 12.3 Å². The molecule has 0 fully saturated rings. The summed E-state index contributed by atoms with van der Waals surface area (Å²) in [5.74, 6) is 0. The summed E-state index contributed by atoms with van der Waals surface area (Å²) in [7, 11) is 0. The van der Waals surface area contributed by atoms with Gasteiger partial charge in [-0.15, -0.1) is 4.91 Å². The van der Waals surface area contributed by atoms with Crippen molar-refractivity contribution in [2.45, 2.75) is 6.61 Å². The second-order valence-electron chi connectivity index (χ2n) is 4.32. The number of allylic oxidation sites excluding steroid dienone is 3. The third kappa shape index (κ3) is 4.16. The topological polar surface area (TPSA) is 90.5 Å². The Kier molecular flexibility index (Phi) is 5.08. The van der Waals surface area contributed by atoms with Crippen LogP contribution in [0.15, 0.2) is 66.0 Å². The number of nitroso groups, excluding NO2 is 1. The molecular weight excluding hydrogens is 272 g/mol. The zero-order valence-electron chi connectivity index (χ0n) is 11.4. The molecule has 1 amide bonds. The first-order chi connectivity index (χ1) is 10.2. The Bertz CT molecular complexity index is 622. The molecule has 0 unspecified atom stereocenters. The number of hydrogen-bond donors (Lipinski definition) is 1. The first-order valence-electron chi connectivity index (χ1n) is 6.29. The Labute approximate surface area is 121 Å². The molecule has 1 aliphatic heterocycles. The van der Waals surface area contributed by atoms with E-state index in [-0.39, 0.29) is 12.8 Å². The van der Waals surface area contributed by atoms with Gasteiger partial charge in [0.2, 0.25) is 0 Å². The molecule has 3 N–H and O–H groups in total. The van der Waals surface area contributed by atoms with Crippen LogP contribution < -0.4 is 10.3 Å². The molecule has 0 saturated heterocycles. The smallest absolute Gasteiger partial charge is 0.356 e. The number of nitrogens with zero attached hydrogens (tertiary/aromatic N) is 3. The van der Waals surface area contributed by atoms with Crippen molar-refractivity contribution in [2.75, 3.05) is 6.73 Å². The number of aromatic nitrogens is 1. The minimum Gasteiger partial charge on any atom is -0.356 e. The van der Waals surface area contributed by atoms with Crippen LogP contribution in [0.1, 0.15) is 5.56 Å². The highest BCUT2D eigenvalue weighted by atomic mass is 16.5. The van der Waals surface area contributed by atoms with Crippen molar-refractivity contribution in [3.8, 4) is 0 Å². The molecule has 108 valence electrons. The molecule has 0 aliphatic carbocycles. The van der Waals surface area contributed by atoms with Crippen LogP contribution in [0.2, 0.25) is 0 Å². The predicted octanol–water partition coefficient (Wildman–Crippen LogP) is 0.652. The van der Waals surface area contributed by atoms with Crippen LogP contribution in [0.3, 0.4) is 0 Å². The number of hydrogen-bond acceptors (Lipinski definition) is 5. The van der Waals surface area contributed by atoms with Gasteiger partial charge in [0.25, 0.3) is 0 Å². The van der Waals surface area contributed by atoms with Gasteiger partial charge in [0.15, 0.2) is 12.4 Å². The quantitative estimate of drug-likeness (QED) is 0.636. The number of quaternary nitrogens is 1. The van der Waals surface area contributed by atoms with Gasteiger partial charge in [0, 0.05) is 17.8 Å². The van der Waals surface area contributed by atoms with E-state index in [1.807, 2.05) is 18.2 Å². The lowest BCUT2D eigenvalue weighted by Crippen LogP contribution is -2.70. The van der Waals surface area contributed by atoms with E-state index in [0.717, 1.165) is 5.56 Å². The molecule has 7 nitrogen and oxygen atoms in total. The van der Waals surface area contributed by atoms with Crippen molar-refractivity contribution in [3.63, 3.8) is 0 Å². The van der Waals surface area contributed by atoms with E-state index in [2.05, 4.69) is 10.9 Å². The molecule has 21 heavy (non-hydrogen) atoms. The molecule has 0 atom stereocenters. The molecule has 1 aromatic rings. The van der Waals surface area contributed by atoms with Crippen LogP contribution in [0.4, 0.5) is 4.79 Å². The Balaban J connectivity index is 1.92. The van der Waals surface area contributed by atoms with Crippen molar-refractivity contribution in [1.29, 1.82) is 0 Å². The Morgan fingerprint density at radius 2 is 2.33 bits per heavy atom. The second-order valence-corrected chi connectivity index (χ2v) is 4.32. The van der Waals surface area contributed by atoms with Gasteiger partial charge in [-0.3, -0.25) is 0 Å². The van der Waals surface area contributed by atoms with Gasteiger partial charge in [-0.05, 0) is 23.4 Å². The molecule has 0 aromatic carbocycles. The normalized spacial score (nSPS) is 15.5. The van der Waals surface area contributed by atoms with Crippen LogP contribution in [0.5, 0.6) is 0 Å². The van der Waals surface area contributed by atoms with Crippen molar-refractivity contribution in [1.82, 2.24) is 4.90 Å². The standard InChI is InChI=1S/C14H14N4O3/c15-14(19)17-7-3-4-12(9-17)10-21-11-18-6-2-1-5-13(18)8-16-20/h1-9H,10-11H2,(H-,15,19)/p+2. The van der Waals surface area contributed by atoms with Crippen molar-refractivity contribution >= 4 is 6.03 Å². The Morgan fingerprint density at radius 1 is 1.48 bits per heavy atom. The second kappa shape index (κ2) is 7.22. The van der Waals surface area contributed by atoms with Crippen LogP contribution in [0, 0.1) is 4.91 Å². The fourth-order valence-electron chi connectivity index (χ4n) is 1.80. The van der Waals surface area contributed by atoms with Crippen LogP contribution >= 0.6 is 0 Å². The molecule has 7 heteroatoms. The fourth-order valence-corrected chi connectivity index (χ4v) is 1.80. The van der Waals surface area contributed by atoms with E-state index >= 15 is 0 Å². The van der Waals surface area contributed by atoms with E-state index < -0.39 is 0 Å². The average Bonchev–Trinajstić information content (AvgIpc) is 2.49. The van der Waals surface area contributed by atoms with Gasteiger partial charge in [0.05, 0.1) is 18.5 Å². The molecule has 0 bridgehead atoms. The summed E-state index contributed by atoms with van der Waals surface area (Å²) in [5, 5.41) is 2.76. The van der Waals surface area contributed by atoms with Crippen molar-refractivity contribution in [3.05, 3.63) is 71.3 Å². The predicted molar refractivity (Wildman–Crippen MR) is 74.0 cm³/mol. The zero-order chi connectivity index (χ0) is 15.1. The lowest BCUT2D eigenvalue weighted by atomic mass is 10.3. The fraction of sp³-hybridized carbons (Fsp3) is 0.143. The number of pyridine rings is 1. The summed E-state index contributed by atoms with van der Waals surface area (Å²) in [5.41, 5.74) is 4.85. The summed E-state index contributed by atoms with van der Waals surface area (Å²) in [6.45, 7) is 0.610. The van der Waals surface area contributed by atoms with E-state index in [1.54, 1.807) is 35.6 Å². The Morgan fingerprint density at radius 3 is 3.10 bits per heavy atom. The summed E-state index contributed by atoms with van der Waals surface area (Å²) in [6.07, 6.45) is 11.7. The van der Waals surface area contributed by atoms with Gasteiger partial charge in [-0.1, -0.05) is 10.6 Å². The number of carbonyl (C=O) groups is 1. The minimum atomic E-state index is -0.303. The molecule has 0 spiro atoms. The first-order valence-corrected chi connectivity index (χ1v) is 6.29. The summed E-state index contributed by atoms with van der Waals surface area (Å²) in [4.78, 5) is 23.2. The molecular formula is C14H16N4O3+2. The average molecular weight is 288 g/mol. The maximum absolute atomic E-state index is 11.2. The number of rotatable bonds is 5. The van der Waals surface area contributed by atoms with E-state index in [4.69, 9.17) is 4.74 Å². The molecule has 0 radical (unpaired) electrons. The Hall–Kier alpha value is -2.64. The largest absolute Gasteiger partial charge is 0.592 e. The molecule has 0 saturated carbocycles. The molecule has 1 aromatic heterocycles. The SMILES string of the molecule is [NH3+]C(=O)[n+]1cccc(COCN2C=CC=CC2=CN=O)c1. The van der Waals surface area contributed by atoms with E-state index in [9.17, 15) is 9.70 Å². The van der Waals surface area contributed by atoms with Crippen LogP contribution in [0.25, 0.3) is 0 Å². The number of amides is 1. The monoisotopic (exact) mass is 288 g/mol. The van der Waals surface area contributed by atoms with Gasteiger partial charge in [-0.25, -0.2) is 5.73 Å². The van der Waals surface area contributed by atoms with Gasteiger partial charge in [0.1, 0.15) is 6.73 Å². The third-order valence-electron chi connectivity index (χ3n) is 2.81. The summed E-state index contributed by atoms with van der Waals surface area (Å²) < 4.78 is 6.97. The van der Waals surface area contributed by atoms with Gasteiger partial charge < -0.3 is 9.64 Å². The maximum Gasteiger partial charge on any atom is 0.592 e. The van der Waals surface area contributed by atoms with Crippen LogP contribution in [-0.4, -0.2) is 17.7 Å². The summed E-state index contributed by atoms with van der Waals surface area (Å²) >= 11 is 0. The highest BCUT2D eigenvalue weighted by molar-refractivity contribution is 5.50. The minimum absolute atomic E-state index is 0.273. The lowest BCUT2D eigenvalue weighted by molar-refractivity contribution is -0.631. The third-order valence-corrected chi connectivity index (χ3v) is 2.81. The van der Waals surface area contributed by atoms with Crippen LogP contribution in [-0.2, 0) is 11.3 Å². The highest BCUT2D eigenvalue weighted by Crippen LogP contribution is 2.12. The highest BCUT2D eigenvalue weighted by Gasteiger charge is 2.13. The molecule has 2 heterocycles. The number of carbonyl (C=O) groups excluding carboxylic acids is 1. The number of ether oxygens (including phenoxy) is 1. The molecule has 1 aliphatic rings. The maximum atomic E-state index is 11.2. The van der Waals surface area contributed by atoms with Crippen molar-refractivity contribution in [2.24, 2.45) is 5.18 Å². The van der Waals surface area contributed by atoms with Gasteiger partial charge >= 0.3 is 6.03 Å². The zero-order valence-corrected chi connectivity index (χ0v) is 11.4. The first kappa shape index (κ1) is 14.8. The van der Waals surface area contributed by atoms with Crippen molar-refractivity contribution < 1.29 is 19.8 Å². The van der Waals surface area contributed by atoms with Gasteiger partial charge in [-0.2, -0.15) is 4.79 Å². The molecule has 2 rings (SSSR count). The van der Waals surface area contributed by atoms with E-state index in [1.165, 1.54) is 10.8 Å².